The van der Waals surface area contributed by atoms with Crippen molar-refractivity contribution in [2.75, 3.05) is 13.2 Å². The molecule has 4 atom stereocenters. The Morgan fingerprint density at radius 3 is 2.64 bits per heavy atom. The van der Waals surface area contributed by atoms with Crippen molar-refractivity contribution in [2.24, 2.45) is 0 Å². The molecule has 2 saturated heterocycles. The molecule has 0 aromatic rings. The van der Waals surface area contributed by atoms with E-state index >= 15 is 0 Å². The van der Waals surface area contributed by atoms with Gasteiger partial charge in [-0.1, -0.05) is 0 Å². The number of fused-ring (bicyclic) bond motifs is 2. The number of hydrogen-bond acceptors (Lipinski definition) is 5. The molecule has 2 heterocycles. The molecule has 0 aliphatic carbocycles. The van der Waals surface area contributed by atoms with Gasteiger partial charge in [0.25, 0.3) is 0 Å². The van der Waals surface area contributed by atoms with Crippen LogP contribution in [-0.2, 0) is 9.47 Å². The maximum absolute atomic E-state index is 9.40. The van der Waals surface area contributed by atoms with Gasteiger partial charge in [-0.3, -0.25) is 0 Å². The highest BCUT2D eigenvalue weighted by molar-refractivity contribution is 4.97. The molecule has 0 unspecified atom stereocenters. The molecule has 3 N–H and O–H groups in total. The molecule has 2 aliphatic heterocycles. The molecule has 0 aromatic carbocycles. The van der Waals surface area contributed by atoms with Crippen molar-refractivity contribution in [1.82, 2.24) is 0 Å². The fourth-order valence-electron chi connectivity index (χ4n) is 1.45. The largest absolute Gasteiger partial charge is 0.387 e. The smallest absolute Gasteiger partial charge is 0.219 e. The Morgan fingerprint density at radius 2 is 2.09 bits per heavy atom. The number of hydrogen-bond donors (Lipinski definition) is 3. The predicted octanol–water partition coefficient (Wildman–Crippen LogP) is -2.17. The number of aliphatic hydroxyl groups excluding tert-OH is 2. The lowest BCUT2D eigenvalue weighted by Crippen LogP contribution is -2.47. The summed E-state index contributed by atoms with van der Waals surface area (Å²) in [5, 5.41) is 27.8. The lowest BCUT2D eigenvalue weighted by Gasteiger charge is -2.28. The summed E-state index contributed by atoms with van der Waals surface area (Å²) >= 11 is 0. The van der Waals surface area contributed by atoms with Crippen molar-refractivity contribution in [3.63, 3.8) is 0 Å². The standard InChI is InChI=1S/C6H10O5/c7-4-3-1-10-2-6(9,11-3)5(4)8/h3-5,7-9H,1-2H2/t3-,4-,5+,6+/m1/s1. The Balaban J connectivity index is 2.24. The third kappa shape index (κ3) is 0.896. The molecule has 0 aromatic heterocycles. The highest BCUT2D eigenvalue weighted by Gasteiger charge is 2.56. The Morgan fingerprint density at radius 1 is 1.36 bits per heavy atom. The maximum Gasteiger partial charge on any atom is 0.219 e. The SMILES string of the molecule is O[C@@H]1[C@H]2COC[C@](O)(O2)[C@H]1O. The van der Waals surface area contributed by atoms with Crippen molar-refractivity contribution in [2.45, 2.75) is 24.1 Å². The summed E-state index contributed by atoms with van der Waals surface area (Å²) in [5.41, 5.74) is 0. The molecule has 2 fully saturated rings. The number of rotatable bonds is 0. The molecular weight excluding hydrogens is 152 g/mol. The van der Waals surface area contributed by atoms with Crippen LogP contribution in [0.2, 0.25) is 0 Å². The van der Waals surface area contributed by atoms with Crippen molar-refractivity contribution in [3.8, 4) is 0 Å². The average molecular weight is 162 g/mol. The molecule has 11 heavy (non-hydrogen) atoms. The summed E-state index contributed by atoms with van der Waals surface area (Å²) < 4.78 is 9.85. The zero-order valence-electron chi connectivity index (χ0n) is 5.80. The monoisotopic (exact) mass is 162 g/mol. The second-order valence-corrected chi connectivity index (χ2v) is 2.95. The van der Waals surface area contributed by atoms with Crippen LogP contribution in [0.3, 0.4) is 0 Å². The Kier molecular flexibility index (Phi) is 1.45. The summed E-state index contributed by atoms with van der Waals surface area (Å²) in [6.45, 7) is 0.141. The van der Waals surface area contributed by atoms with Gasteiger partial charge >= 0.3 is 0 Å². The van der Waals surface area contributed by atoms with Crippen molar-refractivity contribution in [3.05, 3.63) is 0 Å². The normalized spacial score (nSPS) is 56.5. The van der Waals surface area contributed by atoms with E-state index in [0.29, 0.717) is 0 Å². The van der Waals surface area contributed by atoms with Gasteiger partial charge in [0.1, 0.15) is 24.9 Å². The highest BCUT2D eigenvalue weighted by Crippen LogP contribution is 2.32. The Hall–Kier alpha value is -0.200. The van der Waals surface area contributed by atoms with Gasteiger partial charge in [0.05, 0.1) is 6.61 Å². The summed E-state index contributed by atoms with van der Waals surface area (Å²) in [6, 6.07) is 0. The van der Waals surface area contributed by atoms with Crippen LogP contribution in [0.5, 0.6) is 0 Å². The van der Waals surface area contributed by atoms with E-state index in [-0.39, 0.29) is 13.2 Å². The summed E-state index contributed by atoms with van der Waals surface area (Å²) in [6.07, 6.45) is -2.89. The predicted molar refractivity (Wildman–Crippen MR) is 32.7 cm³/mol. The molecule has 0 radical (unpaired) electrons. The number of aliphatic hydroxyl groups is 3. The van der Waals surface area contributed by atoms with Crippen molar-refractivity contribution in [1.29, 1.82) is 0 Å². The maximum atomic E-state index is 9.40. The molecule has 64 valence electrons. The van der Waals surface area contributed by atoms with Crippen LogP contribution >= 0.6 is 0 Å². The van der Waals surface area contributed by atoms with Crippen LogP contribution < -0.4 is 0 Å². The van der Waals surface area contributed by atoms with E-state index in [1.165, 1.54) is 0 Å². The first kappa shape index (κ1) is 7.45. The van der Waals surface area contributed by atoms with E-state index in [9.17, 15) is 15.3 Å². The topological polar surface area (TPSA) is 79.2 Å². The fraction of sp³-hybridized carbons (Fsp3) is 1.00. The van der Waals surface area contributed by atoms with Gasteiger partial charge < -0.3 is 24.8 Å². The minimum absolute atomic E-state index is 0.0816. The summed E-state index contributed by atoms with van der Waals surface area (Å²) in [7, 11) is 0. The minimum Gasteiger partial charge on any atom is -0.387 e. The van der Waals surface area contributed by atoms with E-state index in [1.807, 2.05) is 0 Å². The minimum atomic E-state index is -1.69. The van der Waals surface area contributed by atoms with Crippen LogP contribution in [-0.4, -0.2) is 52.6 Å². The van der Waals surface area contributed by atoms with Gasteiger partial charge in [-0.25, -0.2) is 0 Å². The van der Waals surface area contributed by atoms with Crippen LogP contribution in [0.25, 0.3) is 0 Å². The second kappa shape index (κ2) is 2.15. The van der Waals surface area contributed by atoms with E-state index in [4.69, 9.17) is 9.47 Å². The fourth-order valence-corrected chi connectivity index (χ4v) is 1.45. The summed E-state index contributed by atoms with van der Waals surface area (Å²) in [5.74, 6) is -1.69. The molecule has 2 bridgehead atoms. The highest BCUT2D eigenvalue weighted by atomic mass is 16.7. The Labute approximate surface area is 63.2 Å². The zero-order chi connectivity index (χ0) is 8.06. The van der Waals surface area contributed by atoms with E-state index in [2.05, 4.69) is 0 Å². The van der Waals surface area contributed by atoms with Gasteiger partial charge in [-0.15, -0.1) is 0 Å². The molecule has 5 nitrogen and oxygen atoms in total. The van der Waals surface area contributed by atoms with Gasteiger partial charge in [0, 0.05) is 0 Å². The van der Waals surface area contributed by atoms with Gasteiger partial charge in [-0.05, 0) is 0 Å². The van der Waals surface area contributed by atoms with Gasteiger partial charge in [-0.2, -0.15) is 0 Å². The van der Waals surface area contributed by atoms with E-state index in [1.54, 1.807) is 0 Å². The van der Waals surface area contributed by atoms with Crippen molar-refractivity contribution < 1.29 is 24.8 Å². The van der Waals surface area contributed by atoms with Crippen LogP contribution in [0, 0.1) is 0 Å². The third-order valence-corrected chi connectivity index (χ3v) is 2.11. The molecule has 0 spiro atoms. The van der Waals surface area contributed by atoms with Gasteiger partial charge in [0.2, 0.25) is 5.79 Å². The first-order chi connectivity index (χ1) is 5.13. The second-order valence-electron chi connectivity index (χ2n) is 2.95. The van der Waals surface area contributed by atoms with Crippen LogP contribution in [0.15, 0.2) is 0 Å². The van der Waals surface area contributed by atoms with Crippen LogP contribution in [0.1, 0.15) is 0 Å². The summed E-state index contributed by atoms with van der Waals surface area (Å²) in [4.78, 5) is 0. The molecule has 0 saturated carbocycles. The van der Waals surface area contributed by atoms with E-state index in [0.717, 1.165) is 0 Å². The number of ether oxygens (including phenoxy) is 2. The first-order valence-corrected chi connectivity index (χ1v) is 3.47. The first-order valence-electron chi connectivity index (χ1n) is 3.47. The molecule has 2 aliphatic rings. The van der Waals surface area contributed by atoms with E-state index < -0.39 is 24.1 Å². The molecule has 0 amide bonds. The average Bonchev–Trinajstić information content (AvgIpc) is 2.13. The quantitative estimate of drug-likeness (QED) is 0.377. The molecule has 2 rings (SSSR count). The van der Waals surface area contributed by atoms with Gasteiger partial charge in [0.15, 0.2) is 0 Å². The third-order valence-electron chi connectivity index (χ3n) is 2.11. The van der Waals surface area contributed by atoms with Crippen LogP contribution in [0.4, 0.5) is 0 Å². The van der Waals surface area contributed by atoms with Crippen molar-refractivity contribution >= 4 is 0 Å². The molecular formula is C6H10O5. The molecule has 5 heteroatoms. The lowest BCUT2D eigenvalue weighted by molar-refractivity contribution is -0.284. The Bertz CT molecular complexity index is 172. The lowest BCUT2D eigenvalue weighted by atomic mass is 10.1. The zero-order valence-corrected chi connectivity index (χ0v) is 5.80.